The number of sulfonamides is 1. The molecule has 7 nitrogen and oxygen atoms in total. The van der Waals surface area contributed by atoms with Crippen molar-refractivity contribution in [3.8, 4) is 11.5 Å². The Kier molecular flexibility index (Phi) is 6.37. The predicted octanol–water partition coefficient (Wildman–Crippen LogP) is 2.39. The maximum Gasteiger partial charge on any atom is 0.248 e. The summed E-state index contributed by atoms with van der Waals surface area (Å²) in [5.74, 6) is 0.848. The van der Waals surface area contributed by atoms with E-state index in [2.05, 4.69) is 5.32 Å². The molecule has 2 rings (SSSR count). The van der Waals surface area contributed by atoms with Crippen LogP contribution in [-0.2, 0) is 14.8 Å². The van der Waals surface area contributed by atoms with Crippen LogP contribution in [0, 0.1) is 0 Å². The number of hydrogen-bond donors (Lipinski definition) is 2. The number of nitrogens with one attached hydrogen (secondary N) is 1. The maximum absolute atomic E-state index is 12.0. The lowest BCUT2D eigenvalue weighted by Gasteiger charge is -2.09. The Balaban J connectivity index is 2.05. The number of primary sulfonamides is 1. The number of carbonyl (C=O) groups is 1. The fourth-order valence-electron chi connectivity index (χ4n) is 2.15. The minimum atomic E-state index is -3.76. The third-order valence-electron chi connectivity index (χ3n) is 3.37. The molecule has 0 unspecified atom stereocenters. The summed E-state index contributed by atoms with van der Waals surface area (Å²) in [5, 5.41) is 7.66. The molecule has 26 heavy (non-hydrogen) atoms. The van der Waals surface area contributed by atoms with Gasteiger partial charge in [0.25, 0.3) is 0 Å². The normalized spacial score (nSPS) is 11.3. The van der Waals surface area contributed by atoms with Gasteiger partial charge in [0.1, 0.15) is 0 Å². The largest absolute Gasteiger partial charge is 0.493 e. The van der Waals surface area contributed by atoms with Crippen molar-refractivity contribution in [2.24, 2.45) is 5.14 Å². The minimum Gasteiger partial charge on any atom is -0.493 e. The van der Waals surface area contributed by atoms with E-state index in [1.165, 1.54) is 30.3 Å². The van der Waals surface area contributed by atoms with Crippen LogP contribution in [0.1, 0.15) is 12.5 Å². The molecule has 1 amide bonds. The molecule has 0 saturated carbocycles. The van der Waals surface area contributed by atoms with Crippen LogP contribution in [0.2, 0.25) is 0 Å². The van der Waals surface area contributed by atoms with Crippen molar-refractivity contribution in [1.82, 2.24) is 0 Å². The molecule has 0 spiro atoms. The van der Waals surface area contributed by atoms with Crippen LogP contribution < -0.4 is 19.9 Å². The Morgan fingerprint density at radius 1 is 1.15 bits per heavy atom. The molecule has 8 heteroatoms. The monoisotopic (exact) mass is 376 g/mol. The van der Waals surface area contributed by atoms with Crippen LogP contribution in [0.3, 0.4) is 0 Å². The fraction of sp³-hybridized carbons (Fsp3) is 0.167. The number of carbonyl (C=O) groups excluding carboxylic acids is 1. The van der Waals surface area contributed by atoms with E-state index in [-0.39, 0.29) is 10.8 Å². The lowest BCUT2D eigenvalue weighted by molar-refractivity contribution is -0.111. The molecule has 0 aliphatic rings. The van der Waals surface area contributed by atoms with Gasteiger partial charge in [-0.05, 0) is 55.0 Å². The molecule has 0 aromatic heterocycles. The first kappa shape index (κ1) is 19.5. The van der Waals surface area contributed by atoms with Crippen molar-refractivity contribution in [2.45, 2.75) is 11.8 Å². The van der Waals surface area contributed by atoms with Gasteiger partial charge >= 0.3 is 0 Å². The Hall–Kier alpha value is -2.84. The molecule has 0 heterocycles. The smallest absolute Gasteiger partial charge is 0.248 e. The molecular weight excluding hydrogens is 356 g/mol. The molecule has 0 radical (unpaired) electrons. The fourth-order valence-corrected chi connectivity index (χ4v) is 2.66. The van der Waals surface area contributed by atoms with Gasteiger partial charge in [-0.2, -0.15) is 0 Å². The summed E-state index contributed by atoms with van der Waals surface area (Å²) in [6, 6.07) is 10.9. The first-order valence-corrected chi connectivity index (χ1v) is 9.31. The van der Waals surface area contributed by atoms with Gasteiger partial charge in [-0.3, -0.25) is 4.79 Å². The van der Waals surface area contributed by atoms with Crippen LogP contribution in [-0.4, -0.2) is 28.0 Å². The first-order valence-electron chi connectivity index (χ1n) is 7.76. The number of amides is 1. The van der Waals surface area contributed by atoms with Crippen LogP contribution in [0.15, 0.2) is 53.4 Å². The zero-order valence-corrected chi connectivity index (χ0v) is 15.2. The Morgan fingerprint density at radius 3 is 2.42 bits per heavy atom. The zero-order valence-electron chi connectivity index (χ0n) is 14.4. The summed E-state index contributed by atoms with van der Waals surface area (Å²) in [6.07, 6.45) is 3.00. The van der Waals surface area contributed by atoms with E-state index in [0.717, 1.165) is 5.56 Å². The van der Waals surface area contributed by atoms with Gasteiger partial charge in [0.15, 0.2) is 11.5 Å². The number of rotatable bonds is 7. The second-order valence-electron chi connectivity index (χ2n) is 5.24. The highest BCUT2D eigenvalue weighted by molar-refractivity contribution is 7.89. The second kappa shape index (κ2) is 8.50. The quantitative estimate of drug-likeness (QED) is 0.722. The molecule has 0 atom stereocenters. The number of anilines is 1. The van der Waals surface area contributed by atoms with E-state index in [9.17, 15) is 13.2 Å². The molecule has 138 valence electrons. The van der Waals surface area contributed by atoms with E-state index in [1.807, 2.05) is 6.92 Å². The van der Waals surface area contributed by atoms with Crippen molar-refractivity contribution in [3.63, 3.8) is 0 Å². The second-order valence-corrected chi connectivity index (χ2v) is 6.80. The van der Waals surface area contributed by atoms with Crippen molar-refractivity contribution in [3.05, 3.63) is 54.1 Å². The molecular formula is C18H20N2O5S. The number of ether oxygens (including phenoxy) is 2. The SMILES string of the molecule is CCOc1ccc(/C=C/C(=O)Nc2ccc(S(N)(=O)=O)cc2)cc1OC. The van der Waals surface area contributed by atoms with Crippen LogP contribution in [0.5, 0.6) is 11.5 Å². The Bertz CT molecular complexity index is 906. The number of hydrogen-bond acceptors (Lipinski definition) is 5. The average Bonchev–Trinajstić information content (AvgIpc) is 2.60. The van der Waals surface area contributed by atoms with Gasteiger partial charge in [0.05, 0.1) is 18.6 Å². The molecule has 2 aromatic carbocycles. The van der Waals surface area contributed by atoms with E-state index in [1.54, 1.807) is 31.4 Å². The highest BCUT2D eigenvalue weighted by atomic mass is 32.2. The summed E-state index contributed by atoms with van der Waals surface area (Å²) in [7, 11) is -2.21. The van der Waals surface area contributed by atoms with E-state index in [4.69, 9.17) is 14.6 Å². The number of benzene rings is 2. The Labute approximate surface area is 152 Å². The van der Waals surface area contributed by atoms with Crippen molar-refractivity contribution in [1.29, 1.82) is 0 Å². The predicted molar refractivity (Wildman–Crippen MR) is 99.6 cm³/mol. The van der Waals surface area contributed by atoms with Crippen molar-refractivity contribution in [2.75, 3.05) is 19.0 Å². The lowest BCUT2D eigenvalue weighted by Crippen LogP contribution is -2.12. The Morgan fingerprint density at radius 2 is 1.85 bits per heavy atom. The van der Waals surface area contributed by atoms with E-state index >= 15 is 0 Å². The average molecular weight is 376 g/mol. The molecule has 0 saturated heterocycles. The summed E-state index contributed by atoms with van der Waals surface area (Å²) >= 11 is 0. The molecule has 0 aliphatic heterocycles. The highest BCUT2D eigenvalue weighted by Crippen LogP contribution is 2.28. The van der Waals surface area contributed by atoms with Crippen LogP contribution in [0.4, 0.5) is 5.69 Å². The molecule has 3 N–H and O–H groups in total. The van der Waals surface area contributed by atoms with Gasteiger partial charge in [0, 0.05) is 11.8 Å². The maximum atomic E-state index is 12.0. The van der Waals surface area contributed by atoms with Crippen molar-refractivity contribution >= 4 is 27.7 Å². The summed E-state index contributed by atoms with van der Waals surface area (Å²) in [4.78, 5) is 12.0. The van der Waals surface area contributed by atoms with Gasteiger partial charge in [-0.1, -0.05) is 6.07 Å². The lowest BCUT2D eigenvalue weighted by atomic mass is 10.2. The molecule has 0 aliphatic carbocycles. The third kappa shape index (κ3) is 5.33. The summed E-state index contributed by atoms with van der Waals surface area (Å²) < 4.78 is 33.1. The first-order chi connectivity index (χ1) is 12.3. The van der Waals surface area contributed by atoms with Gasteiger partial charge < -0.3 is 14.8 Å². The molecule has 0 fully saturated rings. The molecule has 0 bridgehead atoms. The van der Waals surface area contributed by atoms with E-state index in [0.29, 0.717) is 23.8 Å². The van der Waals surface area contributed by atoms with Gasteiger partial charge in [-0.25, -0.2) is 13.6 Å². The van der Waals surface area contributed by atoms with Crippen LogP contribution >= 0.6 is 0 Å². The minimum absolute atomic E-state index is 0.0208. The standard InChI is InChI=1S/C18H20N2O5S/c1-3-25-16-10-4-13(12-17(16)24-2)5-11-18(21)20-14-6-8-15(9-7-14)26(19,22)23/h4-12H,3H2,1-2H3,(H,20,21)(H2,19,22,23)/b11-5+. The third-order valence-corrected chi connectivity index (χ3v) is 4.29. The van der Waals surface area contributed by atoms with Crippen LogP contribution in [0.25, 0.3) is 6.08 Å². The number of nitrogens with two attached hydrogens (primary N) is 1. The van der Waals surface area contributed by atoms with E-state index < -0.39 is 10.0 Å². The summed E-state index contributed by atoms with van der Waals surface area (Å²) in [6.45, 7) is 2.41. The highest BCUT2D eigenvalue weighted by Gasteiger charge is 2.07. The van der Waals surface area contributed by atoms with Gasteiger partial charge in [0.2, 0.25) is 15.9 Å². The zero-order chi connectivity index (χ0) is 19.2. The van der Waals surface area contributed by atoms with Crippen molar-refractivity contribution < 1.29 is 22.7 Å². The van der Waals surface area contributed by atoms with Gasteiger partial charge in [-0.15, -0.1) is 0 Å². The summed E-state index contributed by atoms with van der Waals surface area (Å²) in [5.41, 5.74) is 1.22. The topological polar surface area (TPSA) is 108 Å². The molecule has 2 aromatic rings. The number of methoxy groups -OCH3 is 1.